The summed E-state index contributed by atoms with van der Waals surface area (Å²) in [6.07, 6.45) is 6.57. The maximum absolute atomic E-state index is 12.5. The van der Waals surface area contributed by atoms with E-state index in [1.807, 2.05) is 0 Å². The van der Waals surface area contributed by atoms with Crippen LogP contribution in [0.3, 0.4) is 0 Å². The van der Waals surface area contributed by atoms with Gasteiger partial charge in [0.2, 0.25) is 5.78 Å². The lowest BCUT2D eigenvalue weighted by Crippen LogP contribution is -2.67. The van der Waals surface area contributed by atoms with Crippen LogP contribution in [0.5, 0.6) is 0 Å². The first-order chi connectivity index (χ1) is 9.14. The molecule has 19 heavy (non-hydrogen) atoms. The van der Waals surface area contributed by atoms with Crippen molar-refractivity contribution in [1.29, 1.82) is 0 Å². The van der Waals surface area contributed by atoms with E-state index >= 15 is 0 Å². The Hall–Kier alpha value is -0.830. The summed E-state index contributed by atoms with van der Waals surface area (Å²) in [6.45, 7) is 4.59. The summed E-state index contributed by atoms with van der Waals surface area (Å²) in [4.78, 5) is 15.1. The van der Waals surface area contributed by atoms with E-state index in [2.05, 4.69) is 11.8 Å². The number of rotatable bonds is 0. The maximum Gasteiger partial charge on any atom is 0.200 e. The zero-order valence-electron chi connectivity index (χ0n) is 11.7. The molecule has 0 aromatic carbocycles. The third kappa shape index (κ3) is 1.35. The van der Waals surface area contributed by atoms with E-state index in [4.69, 9.17) is 0 Å². The van der Waals surface area contributed by atoms with Crippen LogP contribution in [0.1, 0.15) is 45.4 Å². The van der Waals surface area contributed by atoms with Crippen molar-refractivity contribution < 1.29 is 9.90 Å². The van der Waals surface area contributed by atoms with Gasteiger partial charge >= 0.3 is 0 Å². The van der Waals surface area contributed by atoms with E-state index in [0.29, 0.717) is 11.8 Å². The third-order valence-corrected chi connectivity index (χ3v) is 6.16. The highest BCUT2D eigenvalue weighted by molar-refractivity contribution is 5.98. The van der Waals surface area contributed by atoms with Crippen molar-refractivity contribution in [2.75, 3.05) is 13.1 Å². The van der Waals surface area contributed by atoms with Gasteiger partial charge in [0.05, 0.1) is 0 Å². The zero-order valence-corrected chi connectivity index (χ0v) is 11.7. The fourth-order valence-electron chi connectivity index (χ4n) is 5.65. The normalized spacial score (nSPS) is 46.2. The summed E-state index contributed by atoms with van der Waals surface area (Å²) in [6, 6.07) is 0. The minimum absolute atomic E-state index is 0.0524. The number of carbonyl (C=O) groups is 1. The quantitative estimate of drug-likeness (QED) is 0.729. The van der Waals surface area contributed by atoms with Gasteiger partial charge in [0.25, 0.3) is 0 Å². The van der Waals surface area contributed by atoms with Gasteiger partial charge in [-0.15, -0.1) is 0 Å². The van der Waals surface area contributed by atoms with Gasteiger partial charge in [0.1, 0.15) is 0 Å². The van der Waals surface area contributed by atoms with E-state index in [-0.39, 0.29) is 23.0 Å². The number of hydrogen-bond acceptors (Lipinski definition) is 3. The monoisotopic (exact) mass is 261 g/mol. The molecule has 2 bridgehead atoms. The van der Waals surface area contributed by atoms with Crippen LogP contribution in [0.2, 0.25) is 0 Å². The lowest BCUT2D eigenvalue weighted by atomic mass is 9.52. The highest BCUT2D eigenvalue weighted by atomic mass is 16.3. The van der Waals surface area contributed by atoms with E-state index in [1.54, 1.807) is 0 Å². The average molecular weight is 261 g/mol. The molecule has 3 heteroatoms. The van der Waals surface area contributed by atoms with Crippen molar-refractivity contribution in [3.63, 3.8) is 0 Å². The molecular formula is C16H23NO2. The summed E-state index contributed by atoms with van der Waals surface area (Å²) in [7, 11) is 0. The summed E-state index contributed by atoms with van der Waals surface area (Å²) >= 11 is 0. The smallest absolute Gasteiger partial charge is 0.200 e. The molecule has 0 radical (unpaired) electrons. The molecule has 0 amide bonds. The summed E-state index contributed by atoms with van der Waals surface area (Å²) in [5.41, 5.74) is 1.16. The largest absolute Gasteiger partial charge is 0.504 e. The number of nitrogens with zero attached hydrogens (tertiary/aromatic N) is 1. The first-order valence-electron chi connectivity index (χ1n) is 7.86. The molecule has 104 valence electrons. The Labute approximate surface area is 114 Å². The number of piperidine rings is 2. The van der Waals surface area contributed by atoms with E-state index < -0.39 is 0 Å². The zero-order chi connectivity index (χ0) is 13.2. The minimum atomic E-state index is 0.0524. The highest BCUT2D eigenvalue weighted by Gasteiger charge is 2.61. The molecule has 1 spiro atoms. The SMILES string of the molecule is C[C@@H]1C[C@H]2C(=O)C(O)=C3CCCN4CCC[C@H]2[C@]34C1. The molecule has 1 saturated carbocycles. The number of aliphatic hydroxyl groups excluding tert-OH is 1. The topological polar surface area (TPSA) is 40.5 Å². The molecule has 4 rings (SSSR count). The van der Waals surface area contributed by atoms with Crippen molar-refractivity contribution in [2.24, 2.45) is 17.8 Å². The van der Waals surface area contributed by atoms with Gasteiger partial charge in [-0.1, -0.05) is 6.92 Å². The molecule has 4 atom stereocenters. The van der Waals surface area contributed by atoms with Crippen LogP contribution < -0.4 is 0 Å². The van der Waals surface area contributed by atoms with Crippen LogP contribution in [0.4, 0.5) is 0 Å². The first-order valence-corrected chi connectivity index (χ1v) is 7.86. The van der Waals surface area contributed by atoms with Crippen LogP contribution >= 0.6 is 0 Å². The van der Waals surface area contributed by atoms with Gasteiger partial charge < -0.3 is 5.11 Å². The van der Waals surface area contributed by atoms with Gasteiger partial charge in [-0.25, -0.2) is 0 Å². The van der Waals surface area contributed by atoms with Crippen LogP contribution in [-0.4, -0.2) is 34.4 Å². The van der Waals surface area contributed by atoms with Crippen molar-refractivity contribution in [3.8, 4) is 0 Å². The van der Waals surface area contributed by atoms with Crippen molar-refractivity contribution in [2.45, 2.75) is 51.0 Å². The molecule has 1 N–H and O–H groups in total. The number of hydrogen-bond donors (Lipinski definition) is 1. The Balaban J connectivity index is 1.94. The van der Waals surface area contributed by atoms with Gasteiger partial charge in [-0.3, -0.25) is 9.69 Å². The fraction of sp³-hybridized carbons (Fsp3) is 0.812. The molecule has 2 heterocycles. The van der Waals surface area contributed by atoms with Crippen LogP contribution in [0.15, 0.2) is 11.3 Å². The Morgan fingerprint density at radius 2 is 2.11 bits per heavy atom. The standard InChI is InChI=1S/C16H23NO2/c1-10-8-11-12-4-2-6-17-7-3-5-13(15(19)14(11)18)16(12,17)9-10/h10-12,19H,2-9H2,1H3/t10-,11-,12-,16-/m1/s1. The Kier molecular flexibility index (Phi) is 2.42. The number of aliphatic hydroxyl groups is 1. The second-order valence-corrected chi connectivity index (χ2v) is 7.11. The molecule has 2 aliphatic heterocycles. The second-order valence-electron chi connectivity index (χ2n) is 7.11. The molecule has 4 aliphatic rings. The summed E-state index contributed by atoms with van der Waals surface area (Å²) in [5.74, 6) is 1.39. The lowest BCUT2D eigenvalue weighted by Gasteiger charge is -2.63. The van der Waals surface area contributed by atoms with Crippen molar-refractivity contribution in [3.05, 3.63) is 11.3 Å². The first kappa shape index (κ1) is 12.0. The Morgan fingerprint density at radius 3 is 2.95 bits per heavy atom. The highest BCUT2D eigenvalue weighted by Crippen LogP contribution is 2.58. The number of allylic oxidation sites excluding steroid dienone is 1. The van der Waals surface area contributed by atoms with Crippen LogP contribution in [-0.2, 0) is 4.79 Å². The lowest BCUT2D eigenvalue weighted by molar-refractivity contribution is -0.139. The molecule has 0 aromatic heterocycles. The fourth-order valence-corrected chi connectivity index (χ4v) is 5.65. The van der Waals surface area contributed by atoms with E-state index in [9.17, 15) is 9.90 Å². The molecule has 3 nitrogen and oxygen atoms in total. The molecule has 0 aromatic rings. The average Bonchev–Trinajstić information content (AvgIpc) is 2.40. The molecular weight excluding hydrogens is 238 g/mol. The maximum atomic E-state index is 12.5. The van der Waals surface area contributed by atoms with E-state index in [0.717, 1.165) is 44.3 Å². The Morgan fingerprint density at radius 1 is 1.32 bits per heavy atom. The predicted molar refractivity (Wildman–Crippen MR) is 72.8 cm³/mol. The molecule has 3 fully saturated rings. The molecule has 0 unspecified atom stereocenters. The second kappa shape index (κ2) is 3.85. The number of Topliss-reactive ketones (excluding diaryl/α,β-unsaturated/α-hetero) is 1. The van der Waals surface area contributed by atoms with Gasteiger partial charge in [-0.05, 0) is 69.0 Å². The number of ketones is 1. The third-order valence-electron chi connectivity index (χ3n) is 6.16. The van der Waals surface area contributed by atoms with Gasteiger partial charge in [0.15, 0.2) is 5.76 Å². The number of carbonyl (C=O) groups excluding carboxylic acids is 1. The van der Waals surface area contributed by atoms with E-state index in [1.165, 1.54) is 12.8 Å². The van der Waals surface area contributed by atoms with Gasteiger partial charge in [-0.2, -0.15) is 0 Å². The minimum Gasteiger partial charge on any atom is -0.504 e. The Bertz CT molecular complexity index is 467. The van der Waals surface area contributed by atoms with Crippen LogP contribution in [0, 0.1) is 17.8 Å². The van der Waals surface area contributed by atoms with Crippen LogP contribution in [0.25, 0.3) is 0 Å². The van der Waals surface area contributed by atoms with Gasteiger partial charge in [0, 0.05) is 11.5 Å². The molecule has 2 saturated heterocycles. The summed E-state index contributed by atoms with van der Waals surface area (Å²) < 4.78 is 0. The molecule has 2 aliphatic carbocycles. The summed E-state index contributed by atoms with van der Waals surface area (Å²) in [5, 5.41) is 10.4. The van der Waals surface area contributed by atoms with Crippen molar-refractivity contribution in [1.82, 2.24) is 4.90 Å². The predicted octanol–water partition coefficient (Wildman–Crippen LogP) is 2.67. The van der Waals surface area contributed by atoms with Crippen molar-refractivity contribution >= 4 is 5.78 Å².